The van der Waals surface area contributed by atoms with Gasteiger partial charge >= 0.3 is 0 Å². The lowest BCUT2D eigenvalue weighted by Gasteiger charge is -2.06. The second-order valence-electron chi connectivity index (χ2n) is 3.06. The highest BCUT2D eigenvalue weighted by Gasteiger charge is 2.13. The van der Waals surface area contributed by atoms with Crippen LogP contribution in [0.3, 0.4) is 0 Å². The summed E-state index contributed by atoms with van der Waals surface area (Å²) in [6.45, 7) is 0.527. The van der Waals surface area contributed by atoms with Crippen LogP contribution in [0, 0.1) is 17.5 Å². The topological polar surface area (TPSA) is 24.7 Å². The molecule has 0 fully saturated rings. The van der Waals surface area contributed by atoms with Crippen LogP contribution in [0.1, 0.15) is 12.0 Å². The van der Waals surface area contributed by atoms with Crippen LogP contribution in [0.15, 0.2) is 22.1 Å². The molecule has 0 atom stereocenters. The Labute approximate surface area is 84.2 Å². The zero-order chi connectivity index (χ0) is 10.8. The third kappa shape index (κ3) is 1.91. The Kier molecular flexibility index (Phi) is 2.53. The number of rotatable bonds is 1. The maximum Gasteiger partial charge on any atom is 0.194 e. The van der Waals surface area contributed by atoms with Gasteiger partial charge in [0.2, 0.25) is 0 Å². The molecule has 1 aliphatic heterocycles. The van der Waals surface area contributed by atoms with E-state index >= 15 is 0 Å². The predicted molar refractivity (Wildman–Crippen MR) is 50.8 cm³/mol. The van der Waals surface area contributed by atoms with E-state index in [1.165, 1.54) is 0 Å². The fourth-order valence-electron chi connectivity index (χ4n) is 1.27. The summed E-state index contributed by atoms with van der Waals surface area (Å²) in [7, 11) is 0. The predicted octanol–water partition coefficient (Wildman–Crippen LogP) is 2.33. The lowest BCUT2D eigenvalue weighted by atomic mass is 10.2. The minimum Gasteiger partial charge on any atom is -0.266 e. The summed E-state index contributed by atoms with van der Waals surface area (Å²) < 4.78 is 38.4. The lowest BCUT2D eigenvalue weighted by molar-refractivity contribution is 0.447. The normalized spacial score (nSPS) is 15.3. The van der Waals surface area contributed by atoms with E-state index in [4.69, 9.17) is 0 Å². The molecule has 0 amide bonds. The molecule has 0 spiro atoms. The van der Waals surface area contributed by atoms with E-state index < -0.39 is 17.5 Å². The number of nitrogens with zero attached hydrogens (tertiary/aromatic N) is 2. The van der Waals surface area contributed by atoms with Crippen LogP contribution >= 0.6 is 0 Å². The Morgan fingerprint density at radius 3 is 2.27 bits per heavy atom. The summed E-state index contributed by atoms with van der Waals surface area (Å²) in [4.78, 5) is 7.86. The molecule has 0 unspecified atom stereocenters. The molecule has 0 N–H and O–H groups in total. The second-order valence-corrected chi connectivity index (χ2v) is 3.06. The van der Waals surface area contributed by atoms with Crippen molar-refractivity contribution in [2.24, 2.45) is 9.98 Å². The summed E-state index contributed by atoms with van der Waals surface area (Å²) in [6.07, 6.45) is 2.32. The molecule has 0 aromatic heterocycles. The molecule has 78 valence electrons. The maximum atomic E-state index is 12.9. The van der Waals surface area contributed by atoms with Gasteiger partial charge in [0, 0.05) is 24.7 Å². The molecule has 2 nitrogen and oxygen atoms in total. The first-order valence-electron chi connectivity index (χ1n) is 4.40. The van der Waals surface area contributed by atoms with Crippen molar-refractivity contribution < 1.29 is 13.2 Å². The van der Waals surface area contributed by atoms with Gasteiger partial charge in [0.15, 0.2) is 23.3 Å². The monoisotopic (exact) mass is 212 g/mol. The summed E-state index contributed by atoms with van der Waals surface area (Å²) in [6, 6.07) is 1.78. The van der Waals surface area contributed by atoms with Crippen LogP contribution < -0.4 is 0 Å². The van der Waals surface area contributed by atoms with Gasteiger partial charge in [0.1, 0.15) is 0 Å². The number of halogens is 3. The van der Waals surface area contributed by atoms with Crippen molar-refractivity contribution in [3.8, 4) is 0 Å². The minimum atomic E-state index is -1.47. The highest BCUT2D eigenvalue weighted by atomic mass is 19.2. The Morgan fingerprint density at radius 1 is 1.07 bits per heavy atom. The molecule has 0 radical (unpaired) electrons. The molecule has 2 rings (SSSR count). The molecule has 1 aliphatic rings. The molecule has 0 saturated carbocycles. The van der Waals surface area contributed by atoms with E-state index in [0.717, 1.165) is 12.1 Å². The van der Waals surface area contributed by atoms with Crippen LogP contribution in [-0.2, 0) is 0 Å². The number of hydrogen-bond donors (Lipinski definition) is 0. The SMILES string of the molecule is Fc1cc(C2=NCCC=N2)cc(F)c1F. The smallest absolute Gasteiger partial charge is 0.194 e. The van der Waals surface area contributed by atoms with Crippen LogP contribution in [-0.4, -0.2) is 18.6 Å². The Morgan fingerprint density at radius 2 is 1.73 bits per heavy atom. The van der Waals surface area contributed by atoms with Gasteiger partial charge in [0.25, 0.3) is 0 Å². The largest absolute Gasteiger partial charge is 0.266 e. The van der Waals surface area contributed by atoms with Crippen LogP contribution in [0.4, 0.5) is 13.2 Å². The van der Waals surface area contributed by atoms with Crippen molar-refractivity contribution in [3.63, 3.8) is 0 Å². The van der Waals surface area contributed by atoms with E-state index in [9.17, 15) is 13.2 Å². The van der Waals surface area contributed by atoms with Gasteiger partial charge in [-0.05, 0) is 12.1 Å². The molecule has 1 aromatic carbocycles. The van der Waals surface area contributed by atoms with Crippen molar-refractivity contribution >= 4 is 12.1 Å². The van der Waals surface area contributed by atoms with Crippen LogP contribution in [0.25, 0.3) is 0 Å². The Bertz CT molecular complexity index is 429. The standard InChI is InChI=1S/C10H7F3N2/c11-7-4-6(5-8(12)9(7)13)10-14-2-1-3-15-10/h2,4-5H,1,3H2. The molecule has 5 heteroatoms. The lowest BCUT2D eigenvalue weighted by Crippen LogP contribution is -2.06. The number of amidine groups is 1. The van der Waals surface area contributed by atoms with Crippen molar-refractivity contribution in [2.75, 3.05) is 6.54 Å². The van der Waals surface area contributed by atoms with Crippen LogP contribution in [0.5, 0.6) is 0 Å². The summed E-state index contributed by atoms with van der Waals surface area (Å²) >= 11 is 0. The van der Waals surface area contributed by atoms with Crippen molar-refractivity contribution in [1.29, 1.82) is 0 Å². The summed E-state index contributed by atoms with van der Waals surface area (Å²) in [5, 5.41) is 0. The summed E-state index contributed by atoms with van der Waals surface area (Å²) in [5.74, 6) is -3.69. The summed E-state index contributed by atoms with van der Waals surface area (Å²) in [5.41, 5.74) is 0.155. The average molecular weight is 212 g/mol. The molecule has 0 aliphatic carbocycles. The number of aliphatic imine (C=N–C) groups is 2. The molecular weight excluding hydrogens is 205 g/mol. The van der Waals surface area contributed by atoms with Gasteiger partial charge in [-0.2, -0.15) is 0 Å². The van der Waals surface area contributed by atoms with Crippen molar-refractivity contribution in [2.45, 2.75) is 6.42 Å². The van der Waals surface area contributed by atoms with E-state index in [1.54, 1.807) is 6.21 Å². The highest BCUT2D eigenvalue weighted by molar-refractivity contribution is 6.03. The molecule has 1 heterocycles. The van der Waals surface area contributed by atoms with Gasteiger partial charge in [-0.3, -0.25) is 4.99 Å². The van der Waals surface area contributed by atoms with Crippen molar-refractivity contribution in [1.82, 2.24) is 0 Å². The van der Waals surface area contributed by atoms with Crippen LogP contribution in [0.2, 0.25) is 0 Å². The fraction of sp³-hybridized carbons (Fsp3) is 0.200. The Hall–Kier alpha value is -1.65. The van der Waals surface area contributed by atoms with Gasteiger partial charge in [-0.1, -0.05) is 0 Å². The first kappa shape index (κ1) is 9.89. The first-order chi connectivity index (χ1) is 7.18. The molecule has 0 bridgehead atoms. The third-order valence-electron chi connectivity index (χ3n) is 1.98. The molecule has 1 aromatic rings. The zero-order valence-electron chi connectivity index (χ0n) is 7.67. The number of benzene rings is 1. The van der Waals surface area contributed by atoms with E-state index in [2.05, 4.69) is 9.98 Å². The molecule has 15 heavy (non-hydrogen) atoms. The van der Waals surface area contributed by atoms with Gasteiger partial charge in [-0.15, -0.1) is 0 Å². The highest BCUT2D eigenvalue weighted by Crippen LogP contribution is 2.15. The number of hydrogen-bond acceptors (Lipinski definition) is 2. The molecule has 0 saturated heterocycles. The Balaban J connectivity index is 2.45. The minimum absolute atomic E-state index is 0.155. The van der Waals surface area contributed by atoms with Gasteiger partial charge < -0.3 is 0 Å². The van der Waals surface area contributed by atoms with E-state index in [-0.39, 0.29) is 11.4 Å². The van der Waals surface area contributed by atoms with E-state index in [0.29, 0.717) is 13.0 Å². The molecular formula is C10H7F3N2. The fourth-order valence-corrected chi connectivity index (χ4v) is 1.27. The van der Waals surface area contributed by atoms with Gasteiger partial charge in [-0.25, -0.2) is 18.2 Å². The third-order valence-corrected chi connectivity index (χ3v) is 1.98. The zero-order valence-corrected chi connectivity index (χ0v) is 7.67. The quantitative estimate of drug-likeness (QED) is 0.638. The maximum absolute atomic E-state index is 12.9. The van der Waals surface area contributed by atoms with Crippen molar-refractivity contribution in [3.05, 3.63) is 35.1 Å². The second kappa shape index (κ2) is 3.84. The van der Waals surface area contributed by atoms with E-state index in [1.807, 2.05) is 0 Å². The first-order valence-corrected chi connectivity index (χ1v) is 4.40. The van der Waals surface area contributed by atoms with Gasteiger partial charge in [0.05, 0.1) is 0 Å². The average Bonchev–Trinajstić information content (AvgIpc) is 2.26.